The highest BCUT2D eigenvalue weighted by atomic mass is 16.5. The van der Waals surface area contributed by atoms with Crippen LogP contribution in [0.3, 0.4) is 0 Å². The highest BCUT2D eigenvalue weighted by molar-refractivity contribution is 5.26. The van der Waals surface area contributed by atoms with E-state index in [1.807, 2.05) is 7.11 Å². The quantitative estimate of drug-likeness (QED) is 0.728. The molecule has 2 rings (SSSR count). The van der Waals surface area contributed by atoms with E-state index >= 15 is 0 Å². The Balaban J connectivity index is 2.06. The fourth-order valence-corrected chi connectivity index (χ4v) is 3.52. The predicted molar refractivity (Wildman–Crippen MR) is 81.6 cm³/mol. The Kier molecular flexibility index (Phi) is 5.45. The summed E-state index contributed by atoms with van der Waals surface area (Å²) >= 11 is 0. The Morgan fingerprint density at radius 3 is 2.42 bits per heavy atom. The van der Waals surface area contributed by atoms with E-state index in [-0.39, 0.29) is 0 Å². The average Bonchev–Trinajstić information content (AvgIpc) is 2.47. The minimum Gasteiger partial charge on any atom is -0.381 e. The van der Waals surface area contributed by atoms with Crippen molar-refractivity contribution in [2.24, 2.45) is 5.92 Å². The molecule has 0 aliphatic heterocycles. The Morgan fingerprint density at radius 2 is 1.84 bits per heavy atom. The smallest absolute Gasteiger partial charge is 0.0642 e. The number of hydrogen-bond donors (Lipinski definition) is 0. The summed E-state index contributed by atoms with van der Waals surface area (Å²) in [5.41, 5.74) is 2.90. The Bertz CT molecular complexity index is 368. The fraction of sp³-hybridized carbons (Fsp3) is 0.667. The van der Waals surface area contributed by atoms with Crippen molar-refractivity contribution < 1.29 is 4.74 Å². The second kappa shape index (κ2) is 7.09. The van der Waals surface area contributed by atoms with Crippen molar-refractivity contribution in [3.8, 4) is 0 Å². The van der Waals surface area contributed by atoms with Crippen molar-refractivity contribution in [3.05, 3.63) is 35.4 Å². The van der Waals surface area contributed by atoms with Gasteiger partial charge in [-0.3, -0.25) is 0 Å². The zero-order chi connectivity index (χ0) is 13.7. The summed E-state index contributed by atoms with van der Waals surface area (Å²) in [5, 5.41) is 0. The summed E-state index contributed by atoms with van der Waals surface area (Å²) < 4.78 is 5.79. The van der Waals surface area contributed by atoms with Crippen molar-refractivity contribution in [3.63, 3.8) is 0 Å². The first-order valence-corrected chi connectivity index (χ1v) is 7.90. The van der Waals surface area contributed by atoms with Crippen LogP contribution >= 0.6 is 0 Å². The van der Waals surface area contributed by atoms with Crippen molar-refractivity contribution in [1.29, 1.82) is 0 Å². The second-order valence-electron chi connectivity index (χ2n) is 5.94. The Labute approximate surface area is 118 Å². The SMILES string of the molecule is CCCC1CCC(c2ccc(CC)cc2)C(OC)C1. The molecule has 1 nitrogen and oxygen atoms in total. The van der Waals surface area contributed by atoms with Crippen LogP contribution in [0, 0.1) is 5.92 Å². The van der Waals surface area contributed by atoms with Crippen molar-refractivity contribution in [1.82, 2.24) is 0 Å². The average molecular weight is 260 g/mol. The van der Waals surface area contributed by atoms with Gasteiger partial charge in [0.25, 0.3) is 0 Å². The molecule has 3 atom stereocenters. The first-order valence-electron chi connectivity index (χ1n) is 7.90. The van der Waals surface area contributed by atoms with Gasteiger partial charge in [0.15, 0.2) is 0 Å². The number of ether oxygens (including phenoxy) is 1. The Morgan fingerprint density at radius 1 is 1.11 bits per heavy atom. The van der Waals surface area contributed by atoms with Crippen LogP contribution in [0.5, 0.6) is 0 Å². The van der Waals surface area contributed by atoms with Gasteiger partial charge in [0, 0.05) is 13.0 Å². The molecule has 0 heterocycles. The number of hydrogen-bond acceptors (Lipinski definition) is 1. The lowest BCUT2D eigenvalue weighted by Gasteiger charge is -2.35. The molecule has 19 heavy (non-hydrogen) atoms. The zero-order valence-corrected chi connectivity index (χ0v) is 12.7. The molecule has 3 unspecified atom stereocenters. The molecule has 0 spiro atoms. The first kappa shape index (κ1) is 14.6. The molecule has 0 bridgehead atoms. The molecular weight excluding hydrogens is 232 g/mol. The van der Waals surface area contributed by atoms with Gasteiger partial charge in [-0.2, -0.15) is 0 Å². The minimum absolute atomic E-state index is 0.415. The number of benzene rings is 1. The second-order valence-corrected chi connectivity index (χ2v) is 5.94. The molecule has 0 radical (unpaired) electrons. The van der Waals surface area contributed by atoms with Gasteiger partial charge < -0.3 is 4.74 Å². The molecule has 1 fully saturated rings. The standard InChI is InChI=1S/C18H28O/c1-4-6-15-9-12-17(18(13-15)19-3)16-10-7-14(5-2)8-11-16/h7-8,10-11,15,17-18H,4-6,9,12-13H2,1-3H3. The number of methoxy groups -OCH3 is 1. The van der Waals surface area contributed by atoms with Crippen molar-refractivity contribution in [2.75, 3.05) is 7.11 Å². The summed E-state index contributed by atoms with van der Waals surface area (Å²) in [7, 11) is 1.88. The van der Waals surface area contributed by atoms with E-state index in [0.717, 1.165) is 12.3 Å². The van der Waals surface area contributed by atoms with Crippen LogP contribution in [0.25, 0.3) is 0 Å². The maximum Gasteiger partial charge on any atom is 0.0642 e. The van der Waals surface area contributed by atoms with Crippen LogP contribution in [-0.4, -0.2) is 13.2 Å². The number of aryl methyl sites for hydroxylation is 1. The predicted octanol–water partition coefficient (Wildman–Crippen LogP) is 4.95. The largest absolute Gasteiger partial charge is 0.381 e. The van der Waals surface area contributed by atoms with Gasteiger partial charge in [-0.25, -0.2) is 0 Å². The van der Waals surface area contributed by atoms with Gasteiger partial charge in [-0.05, 0) is 42.7 Å². The van der Waals surface area contributed by atoms with E-state index in [1.54, 1.807) is 0 Å². The maximum atomic E-state index is 5.79. The number of rotatable bonds is 5. The third kappa shape index (κ3) is 3.60. The molecule has 0 aromatic heterocycles. The van der Waals surface area contributed by atoms with Gasteiger partial charge in [0.2, 0.25) is 0 Å². The van der Waals surface area contributed by atoms with E-state index in [4.69, 9.17) is 4.74 Å². The van der Waals surface area contributed by atoms with Gasteiger partial charge in [-0.1, -0.05) is 51.0 Å². The lowest BCUT2D eigenvalue weighted by Crippen LogP contribution is -2.29. The van der Waals surface area contributed by atoms with Crippen LogP contribution in [0.4, 0.5) is 0 Å². The van der Waals surface area contributed by atoms with Crippen LogP contribution < -0.4 is 0 Å². The lowest BCUT2D eigenvalue weighted by atomic mass is 9.75. The molecule has 1 saturated carbocycles. The lowest BCUT2D eigenvalue weighted by molar-refractivity contribution is 0.0307. The third-order valence-electron chi connectivity index (χ3n) is 4.72. The topological polar surface area (TPSA) is 9.23 Å². The van der Waals surface area contributed by atoms with E-state index in [9.17, 15) is 0 Å². The van der Waals surface area contributed by atoms with Crippen LogP contribution in [0.15, 0.2) is 24.3 Å². The van der Waals surface area contributed by atoms with E-state index in [0.29, 0.717) is 12.0 Å². The normalized spacial score (nSPS) is 27.4. The molecule has 106 valence electrons. The van der Waals surface area contributed by atoms with Gasteiger partial charge in [0.1, 0.15) is 0 Å². The monoisotopic (exact) mass is 260 g/mol. The van der Waals surface area contributed by atoms with E-state index in [1.165, 1.54) is 43.2 Å². The van der Waals surface area contributed by atoms with Crippen molar-refractivity contribution >= 4 is 0 Å². The highest BCUT2D eigenvalue weighted by Gasteiger charge is 2.31. The third-order valence-corrected chi connectivity index (χ3v) is 4.72. The van der Waals surface area contributed by atoms with Crippen molar-refractivity contribution in [2.45, 2.75) is 64.4 Å². The van der Waals surface area contributed by atoms with Gasteiger partial charge in [-0.15, -0.1) is 0 Å². The summed E-state index contributed by atoms with van der Waals surface area (Å²) in [6.45, 7) is 4.50. The van der Waals surface area contributed by atoms with Crippen LogP contribution in [0.2, 0.25) is 0 Å². The molecule has 1 aromatic rings. The summed E-state index contributed by atoms with van der Waals surface area (Å²) in [4.78, 5) is 0. The summed E-state index contributed by atoms with van der Waals surface area (Å²) in [6.07, 6.45) is 8.10. The first-order chi connectivity index (χ1) is 9.28. The molecule has 1 aromatic carbocycles. The van der Waals surface area contributed by atoms with Crippen LogP contribution in [0.1, 0.15) is 63.0 Å². The van der Waals surface area contributed by atoms with E-state index < -0.39 is 0 Å². The molecule has 1 aliphatic rings. The fourth-order valence-electron chi connectivity index (χ4n) is 3.52. The van der Waals surface area contributed by atoms with Gasteiger partial charge >= 0.3 is 0 Å². The molecule has 0 saturated heterocycles. The summed E-state index contributed by atoms with van der Waals surface area (Å²) in [5.74, 6) is 1.48. The molecular formula is C18H28O. The summed E-state index contributed by atoms with van der Waals surface area (Å²) in [6, 6.07) is 9.19. The van der Waals surface area contributed by atoms with Crippen LogP contribution in [-0.2, 0) is 11.2 Å². The van der Waals surface area contributed by atoms with Gasteiger partial charge in [0.05, 0.1) is 6.10 Å². The Hall–Kier alpha value is -0.820. The molecule has 1 aliphatic carbocycles. The maximum absolute atomic E-state index is 5.79. The molecule has 1 heteroatoms. The van der Waals surface area contributed by atoms with E-state index in [2.05, 4.69) is 38.1 Å². The highest BCUT2D eigenvalue weighted by Crippen LogP contribution is 2.39. The minimum atomic E-state index is 0.415. The zero-order valence-electron chi connectivity index (χ0n) is 12.7. The molecule has 0 amide bonds. The molecule has 0 N–H and O–H groups in total.